The number of nitrogens with one attached hydrogen (secondary N) is 5. The molecule has 0 saturated carbocycles. The zero-order valence-electron chi connectivity index (χ0n) is 23.0. The monoisotopic (exact) mass is 786 g/mol. The molecule has 0 spiro atoms. The molecule has 1 unspecified atom stereocenters. The fourth-order valence-electron chi connectivity index (χ4n) is 3.76. The molecule has 0 fully saturated rings. The normalized spacial score (nSPS) is 11.7. The van der Waals surface area contributed by atoms with Crippen LogP contribution >= 0.6 is 44.1 Å². The van der Waals surface area contributed by atoms with Gasteiger partial charge in [-0.1, -0.05) is 36.4 Å². The van der Waals surface area contributed by atoms with E-state index in [-0.39, 0.29) is 60.7 Å². The third kappa shape index (κ3) is 9.36. The standard InChI is InChI=1S/C27H22Br2N6O7S2.Na/c28-19-12-15(23(36)21(29)24(19)37)13-30-33-25(38)22(32-20-7-3-5-14-4-1-2-6-18(14)20)26(39)34-35-27(43)31-16-8-10-17(11-9-16)44(40,41)42;/h1-13,22,32,36-37H,(H,33,38)(H,34,39)(H2,31,35,43)(H,40,41,42);/q;+1/p-1/b30-13+;. The minimum absolute atomic E-state index is 0. The molecule has 0 aliphatic heterocycles. The number of hydrazone groups is 1. The number of carbonyl (C=O) groups is 2. The van der Waals surface area contributed by atoms with Gasteiger partial charge in [0.15, 0.2) is 11.2 Å². The van der Waals surface area contributed by atoms with Gasteiger partial charge in [0.1, 0.15) is 26.1 Å². The molecule has 0 bridgehead atoms. The number of hydrogen-bond acceptors (Lipinski definition) is 10. The predicted octanol–water partition coefficient (Wildman–Crippen LogP) is 0.633. The van der Waals surface area contributed by atoms with Gasteiger partial charge in [-0.3, -0.25) is 20.4 Å². The molecule has 2 amide bonds. The second kappa shape index (κ2) is 15.8. The van der Waals surface area contributed by atoms with Crippen molar-refractivity contribution in [3.05, 3.63) is 87.3 Å². The fraction of sp³-hybridized carbons (Fsp3) is 0.0370. The molecule has 0 radical (unpaired) electrons. The second-order valence-electron chi connectivity index (χ2n) is 8.84. The summed E-state index contributed by atoms with van der Waals surface area (Å²) in [6, 6.07) is 17.2. The van der Waals surface area contributed by atoms with Gasteiger partial charge < -0.3 is 25.4 Å². The number of thiocarbonyl (C=S) groups is 1. The van der Waals surface area contributed by atoms with E-state index in [9.17, 15) is 32.8 Å². The average molecular weight is 788 g/mol. The summed E-state index contributed by atoms with van der Waals surface area (Å²) < 4.78 is 33.6. The van der Waals surface area contributed by atoms with E-state index < -0.39 is 32.9 Å². The molecule has 0 aliphatic rings. The number of halogens is 2. The van der Waals surface area contributed by atoms with Gasteiger partial charge in [-0.2, -0.15) is 5.10 Å². The van der Waals surface area contributed by atoms with Crippen LogP contribution in [0, 0.1) is 0 Å². The van der Waals surface area contributed by atoms with Crippen LogP contribution in [0.15, 0.2) is 91.7 Å². The average Bonchev–Trinajstić information content (AvgIpc) is 2.99. The Labute approximate surface area is 301 Å². The van der Waals surface area contributed by atoms with Gasteiger partial charge in [-0.05, 0) is 85.9 Å². The molecule has 4 aromatic rings. The van der Waals surface area contributed by atoms with Crippen molar-refractivity contribution < 1.29 is 62.3 Å². The summed E-state index contributed by atoms with van der Waals surface area (Å²) in [5.41, 5.74) is 7.98. The first-order chi connectivity index (χ1) is 20.8. The molecule has 4 aromatic carbocycles. The van der Waals surface area contributed by atoms with E-state index in [1.807, 2.05) is 24.3 Å². The van der Waals surface area contributed by atoms with Gasteiger partial charge >= 0.3 is 29.6 Å². The number of nitrogens with zero attached hydrogens (tertiary/aromatic N) is 1. The van der Waals surface area contributed by atoms with Gasteiger partial charge in [0.2, 0.25) is 0 Å². The van der Waals surface area contributed by atoms with Crippen LogP contribution in [0.2, 0.25) is 0 Å². The number of hydrogen-bond donors (Lipinski definition) is 7. The maximum Gasteiger partial charge on any atom is 1.00 e. The number of hydrazine groups is 1. The minimum atomic E-state index is -4.62. The van der Waals surface area contributed by atoms with Crippen molar-refractivity contribution in [3.63, 3.8) is 0 Å². The third-order valence-corrected chi connectivity index (χ3v) is 8.30. The van der Waals surface area contributed by atoms with Crippen LogP contribution in [0.5, 0.6) is 11.5 Å². The Morgan fingerprint density at radius 3 is 2.29 bits per heavy atom. The molecule has 45 heavy (non-hydrogen) atoms. The summed E-state index contributed by atoms with van der Waals surface area (Å²) in [6.07, 6.45) is 1.12. The number of phenols is 2. The zero-order valence-corrected chi connectivity index (χ0v) is 29.8. The molecule has 7 N–H and O–H groups in total. The maximum atomic E-state index is 13.2. The van der Waals surface area contributed by atoms with Crippen molar-refractivity contribution in [1.82, 2.24) is 16.3 Å². The Hall–Kier alpha value is -3.29. The molecule has 0 aromatic heterocycles. The molecular formula is C27H21Br2N6NaO7S2. The largest absolute Gasteiger partial charge is 1.00 e. The van der Waals surface area contributed by atoms with E-state index in [1.54, 1.807) is 18.2 Å². The first kappa shape index (κ1) is 36.2. The fourth-order valence-corrected chi connectivity index (χ4v) is 5.55. The Morgan fingerprint density at radius 2 is 1.60 bits per heavy atom. The molecule has 0 heterocycles. The van der Waals surface area contributed by atoms with Crippen LogP contribution in [0.4, 0.5) is 11.4 Å². The topological polar surface area (TPSA) is 204 Å². The Balaban J connectivity index is 0.00000552. The summed E-state index contributed by atoms with van der Waals surface area (Å²) in [4.78, 5) is 26.0. The molecule has 13 nitrogen and oxygen atoms in total. The number of benzene rings is 4. The summed E-state index contributed by atoms with van der Waals surface area (Å²) >= 11 is 11.4. The van der Waals surface area contributed by atoms with Crippen LogP contribution in [-0.2, 0) is 19.7 Å². The molecule has 0 saturated heterocycles. The smallest absolute Gasteiger partial charge is 0.744 e. The van der Waals surface area contributed by atoms with Crippen LogP contribution in [-0.4, -0.2) is 52.4 Å². The van der Waals surface area contributed by atoms with E-state index >= 15 is 0 Å². The molecule has 228 valence electrons. The van der Waals surface area contributed by atoms with Crippen molar-refractivity contribution in [2.75, 3.05) is 10.6 Å². The van der Waals surface area contributed by atoms with Crippen LogP contribution in [0.25, 0.3) is 10.8 Å². The van der Waals surface area contributed by atoms with Crippen molar-refractivity contribution in [2.24, 2.45) is 5.10 Å². The van der Waals surface area contributed by atoms with E-state index in [0.717, 1.165) is 29.1 Å². The molecule has 0 aliphatic carbocycles. The molecule has 4 rings (SSSR count). The summed E-state index contributed by atoms with van der Waals surface area (Å²) in [5.74, 6) is -2.30. The first-order valence-corrected chi connectivity index (χ1v) is 15.7. The van der Waals surface area contributed by atoms with Crippen molar-refractivity contribution in [3.8, 4) is 11.5 Å². The summed E-state index contributed by atoms with van der Waals surface area (Å²) in [7, 11) is -4.62. The predicted molar refractivity (Wildman–Crippen MR) is 174 cm³/mol. The van der Waals surface area contributed by atoms with Crippen LogP contribution in [0.3, 0.4) is 0 Å². The Kier molecular flexibility index (Phi) is 12.7. The number of phenolic OH excluding ortho intramolecular Hbond substituents is 2. The molecular weight excluding hydrogens is 767 g/mol. The van der Waals surface area contributed by atoms with Gasteiger partial charge in [-0.15, -0.1) is 0 Å². The van der Waals surface area contributed by atoms with Crippen molar-refractivity contribution >= 4 is 99.5 Å². The van der Waals surface area contributed by atoms with Gasteiger partial charge in [0.25, 0.3) is 11.8 Å². The van der Waals surface area contributed by atoms with E-state index in [1.165, 1.54) is 18.2 Å². The van der Waals surface area contributed by atoms with Crippen LogP contribution < -0.4 is 56.5 Å². The third-order valence-electron chi connectivity index (χ3n) is 5.89. The van der Waals surface area contributed by atoms with Crippen LogP contribution in [0.1, 0.15) is 5.56 Å². The zero-order chi connectivity index (χ0) is 32.0. The Bertz CT molecular complexity index is 1890. The molecule has 1 atom stereocenters. The second-order valence-corrected chi connectivity index (χ2v) is 12.3. The van der Waals surface area contributed by atoms with E-state index in [0.29, 0.717) is 11.4 Å². The SMILES string of the molecule is O=C(N/N=C/c1cc(Br)c(O)c(Br)c1O)C(Nc1cccc2ccccc12)C(=O)NNC(=S)Nc1ccc(S(=O)(=O)[O-])cc1.[Na+]. The summed E-state index contributed by atoms with van der Waals surface area (Å²) in [5, 5.41) is 31.1. The quantitative estimate of drug-likeness (QED) is 0.0330. The van der Waals surface area contributed by atoms with E-state index in [4.69, 9.17) is 12.2 Å². The number of rotatable bonds is 8. The summed E-state index contributed by atoms with van der Waals surface area (Å²) in [6.45, 7) is 0. The number of carbonyl (C=O) groups excluding carboxylic acids is 2. The Morgan fingerprint density at radius 1 is 0.933 bits per heavy atom. The van der Waals surface area contributed by atoms with Gasteiger partial charge in [0, 0.05) is 22.3 Å². The number of amides is 2. The van der Waals surface area contributed by atoms with E-state index in [2.05, 4.69) is 63.9 Å². The first-order valence-electron chi connectivity index (χ1n) is 12.2. The number of fused-ring (bicyclic) bond motifs is 1. The maximum absolute atomic E-state index is 13.2. The van der Waals surface area contributed by atoms with Gasteiger partial charge in [0.05, 0.1) is 15.6 Å². The minimum Gasteiger partial charge on any atom is -0.744 e. The number of aromatic hydroxyl groups is 2. The molecule has 18 heteroatoms. The van der Waals surface area contributed by atoms with Gasteiger partial charge in [-0.25, -0.2) is 13.8 Å². The number of anilines is 2. The van der Waals surface area contributed by atoms with Crippen molar-refractivity contribution in [2.45, 2.75) is 10.9 Å². The van der Waals surface area contributed by atoms with Crippen molar-refractivity contribution in [1.29, 1.82) is 0 Å².